The van der Waals surface area contributed by atoms with Gasteiger partial charge in [-0.1, -0.05) is 19.8 Å². The van der Waals surface area contributed by atoms with Crippen LogP contribution in [-0.4, -0.2) is 50.1 Å². The van der Waals surface area contributed by atoms with Gasteiger partial charge in [0.05, 0.1) is 0 Å². The molecule has 110 valence electrons. The predicted molar refractivity (Wildman–Crippen MR) is 81.6 cm³/mol. The molecule has 0 spiro atoms. The molecular weight excluding hydrogens is 236 g/mol. The van der Waals surface area contributed by atoms with Crippen molar-refractivity contribution >= 4 is 5.96 Å². The molecule has 2 unspecified atom stereocenters. The molecule has 0 amide bonds. The Labute approximate surface area is 118 Å². The number of likely N-dealkylation sites (tertiary alicyclic amines) is 1. The van der Waals surface area contributed by atoms with Gasteiger partial charge in [-0.15, -0.1) is 0 Å². The molecule has 0 radical (unpaired) electrons. The van der Waals surface area contributed by atoms with Crippen molar-refractivity contribution in [1.29, 1.82) is 0 Å². The van der Waals surface area contributed by atoms with Gasteiger partial charge in [-0.3, -0.25) is 4.99 Å². The molecule has 1 saturated heterocycles. The summed E-state index contributed by atoms with van der Waals surface area (Å²) in [5.41, 5.74) is 0. The summed E-state index contributed by atoms with van der Waals surface area (Å²) >= 11 is 0. The van der Waals surface area contributed by atoms with E-state index in [0.29, 0.717) is 6.04 Å². The van der Waals surface area contributed by atoms with Crippen molar-refractivity contribution in [2.75, 3.05) is 33.2 Å². The molecule has 2 aliphatic rings. The van der Waals surface area contributed by atoms with E-state index < -0.39 is 0 Å². The molecule has 0 aromatic heterocycles. The van der Waals surface area contributed by atoms with Gasteiger partial charge >= 0.3 is 0 Å². The van der Waals surface area contributed by atoms with E-state index in [1.54, 1.807) is 0 Å². The van der Waals surface area contributed by atoms with E-state index in [1.807, 2.05) is 7.05 Å². The van der Waals surface area contributed by atoms with E-state index in [4.69, 9.17) is 0 Å². The highest BCUT2D eigenvalue weighted by atomic mass is 15.2. The molecule has 2 atom stereocenters. The molecule has 1 saturated carbocycles. The zero-order chi connectivity index (χ0) is 13.5. The lowest BCUT2D eigenvalue weighted by atomic mass is 10.1. The number of guanidine groups is 1. The first kappa shape index (κ1) is 14.6. The van der Waals surface area contributed by atoms with Crippen LogP contribution in [0.15, 0.2) is 4.99 Å². The first-order valence-corrected chi connectivity index (χ1v) is 8.03. The number of hydrogen-bond acceptors (Lipinski definition) is 2. The van der Waals surface area contributed by atoms with E-state index in [1.165, 1.54) is 51.6 Å². The topological polar surface area (TPSA) is 39.7 Å². The number of nitrogens with one attached hydrogen (secondary N) is 2. The summed E-state index contributed by atoms with van der Waals surface area (Å²) in [6.07, 6.45) is 8.11. The standard InChI is InChI=1S/C15H30N4/c1-3-7-13-12-14(13)18-15(16-2)17-8-11-19-9-5-4-6-10-19/h13-14H,3-12H2,1-2H3,(H2,16,17,18). The van der Waals surface area contributed by atoms with Crippen LogP contribution in [-0.2, 0) is 0 Å². The molecule has 2 fully saturated rings. The molecule has 0 aromatic rings. The van der Waals surface area contributed by atoms with Gasteiger partial charge in [0.25, 0.3) is 0 Å². The number of rotatable bonds is 6. The Bertz CT molecular complexity index is 284. The second kappa shape index (κ2) is 7.73. The van der Waals surface area contributed by atoms with Crippen LogP contribution in [0.4, 0.5) is 0 Å². The summed E-state index contributed by atoms with van der Waals surface area (Å²) in [6.45, 7) is 6.96. The van der Waals surface area contributed by atoms with Crippen LogP contribution in [0.1, 0.15) is 45.4 Å². The van der Waals surface area contributed by atoms with Crippen LogP contribution in [0.3, 0.4) is 0 Å². The normalized spacial score (nSPS) is 28.2. The van der Waals surface area contributed by atoms with Gasteiger partial charge in [0.1, 0.15) is 0 Å². The first-order valence-electron chi connectivity index (χ1n) is 8.03. The zero-order valence-corrected chi connectivity index (χ0v) is 12.6. The highest BCUT2D eigenvalue weighted by molar-refractivity contribution is 5.80. The first-order chi connectivity index (χ1) is 9.33. The molecular formula is C15H30N4. The van der Waals surface area contributed by atoms with Crippen molar-refractivity contribution < 1.29 is 0 Å². The summed E-state index contributed by atoms with van der Waals surface area (Å²) in [6, 6.07) is 0.668. The van der Waals surface area contributed by atoms with Crippen LogP contribution in [0.25, 0.3) is 0 Å². The maximum Gasteiger partial charge on any atom is 0.191 e. The van der Waals surface area contributed by atoms with E-state index >= 15 is 0 Å². The second-order valence-corrected chi connectivity index (χ2v) is 5.94. The van der Waals surface area contributed by atoms with Gasteiger partial charge in [0.15, 0.2) is 5.96 Å². The van der Waals surface area contributed by atoms with Gasteiger partial charge in [-0.05, 0) is 44.7 Å². The fourth-order valence-electron chi connectivity index (χ4n) is 3.00. The van der Waals surface area contributed by atoms with Gasteiger partial charge in [0, 0.05) is 26.2 Å². The number of nitrogens with zero attached hydrogens (tertiary/aromatic N) is 2. The van der Waals surface area contributed by atoms with Crippen molar-refractivity contribution in [2.24, 2.45) is 10.9 Å². The Morgan fingerprint density at radius 2 is 2.05 bits per heavy atom. The van der Waals surface area contributed by atoms with E-state index in [0.717, 1.165) is 25.0 Å². The van der Waals surface area contributed by atoms with E-state index in [9.17, 15) is 0 Å². The molecule has 4 heteroatoms. The monoisotopic (exact) mass is 266 g/mol. The molecule has 2 rings (SSSR count). The minimum Gasteiger partial charge on any atom is -0.355 e. The Balaban J connectivity index is 1.58. The molecule has 0 aromatic carbocycles. The molecule has 2 N–H and O–H groups in total. The predicted octanol–water partition coefficient (Wildman–Crippen LogP) is 1.83. The van der Waals surface area contributed by atoms with Crippen molar-refractivity contribution in [1.82, 2.24) is 15.5 Å². The zero-order valence-electron chi connectivity index (χ0n) is 12.6. The Morgan fingerprint density at radius 3 is 2.74 bits per heavy atom. The Kier molecular flexibility index (Phi) is 5.95. The van der Waals surface area contributed by atoms with Crippen LogP contribution < -0.4 is 10.6 Å². The second-order valence-electron chi connectivity index (χ2n) is 5.94. The van der Waals surface area contributed by atoms with Crippen molar-refractivity contribution in [3.8, 4) is 0 Å². The summed E-state index contributed by atoms with van der Waals surface area (Å²) in [5, 5.41) is 6.98. The molecule has 1 aliphatic carbocycles. The molecule has 1 aliphatic heterocycles. The number of piperidine rings is 1. The fraction of sp³-hybridized carbons (Fsp3) is 0.933. The van der Waals surface area contributed by atoms with E-state index in [-0.39, 0.29) is 0 Å². The average molecular weight is 266 g/mol. The maximum absolute atomic E-state index is 4.32. The molecule has 0 bridgehead atoms. The molecule has 1 heterocycles. The molecule has 19 heavy (non-hydrogen) atoms. The van der Waals surface area contributed by atoms with Crippen LogP contribution >= 0.6 is 0 Å². The maximum atomic E-state index is 4.32. The molecule has 4 nitrogen and oxygen atoms in total. The SMILES string of the molecule is CCCC1CC1NC(=NC)NCCN1CCCCC1. The van der Waals surface area contributed by atoms with Crippen molar-refractivity contribution in [3.05, 3.63) is 0 Å². The van der Waals surface area contributed by atoms with E-state index in [2.05, 4.69) is 27.4 Å². The third-order valence-corrected chi connectivity index (χ3v) is 4.30. The Morgan fingerprint density at radius 1 is 1.26 bits per heavy atom. The van der Waals surface area contributed by atoms with Gasteiger partial charge in [-0.25, -0.2) is 0 Å². The van der Waals surface area contributed by atoms with Gasteiger partial charge in [0.2, 0.25) is 0 Å². The summed E-state index contributed by atoms with van der Waals surface area (Å²) in [7, 11) is 1.87. The smallest absolute Gasteiger partial charge is 0.191 e. The van der Waals surface area contributed by atoms with Crippen molar-refractivity contribution in [2.45, 2.75) is 51.5 Å². The van der Waals surface area contributed by atoms with Crippen LogP contribution in [0, 0.1) is 5.92 Å². The van der Waals surface area contributed by atoms with Gasteiger partial charge in [-0.2, -0.15) is 0 Å². The fourth-order valence-corrected chi connectivity index (χ4v) is 3.00. The van der Waals surface area contributed by atoms with Crippen LogP contribution in [0.5, 0.6) is 0 Å². The highest BCUT2D eigenvalue weighted by Gasteiger charge is 2.36. The lowest BCUT2D eigenvalue weighted by molar-refractivity contribution is 0.232. The number of hydrogen-bond donors (Lipinski definition) is 2. The number of aliphatic imine (C=N–C) groups is 1. The van der Waals surface area contributed by atoms with Crippen molar-refractivity contribution in [3.63, 3.8) is 0 Å². The minimum atomic E-state index is 0.668. The summed E-state index contributed by atoms with van der Waals surface area (Å²) < 4.78 is 0. The summed E-state index contributed by atoms with van der Waals surface area (Å²) in [4.78, 5) is 6.88. The quantitative estimate of drug-likeness (QED) is 0.569. The van der Waals surface area contributed by atoms with Gasteiger partial charge < -0.3 is 15.5 Å². The Hall–Kier alpha value is -0.770. The third kappa shape index (κ3) is 5.01. The largest absolute Gasteiger partial charge is 0.355 e. The van der Waals surface area contributed by atoms with Crippen LogP contribution in [0.2, 0.25) is 0 Å². The lowest BCUT2D eigenvalue weighted by Crippen LogP contribution is -2.43. The minimum absolute atomic E-state index is 0.668. The summed E-state index contributed by atoms with van der Waals surface area (Å²) in [5.74, 6) is 1.87. The average Bonchev–Trinajstić information content (AvgIpc) is 3.17. The highest BCUT2D eigenvalue weighted by Crippen LogP contribution is 2.34. The third-order valence-electron chi connectivity index (χ3n) is 4.30. The lowest BCUT2D eigenvalue weighted by Gasteiger charge is -2.26.